The molecule has 1 amide bonds. The van der Waals surface area contributed by atoms with Crippen LogP contribution < -0.4 is 0 Å². The average molecular weight is 354 g/mol. The molecule has 26 heavy (non-hydrogen) atoms. The minimum Gasteiger partial charge on any atom is -0.382 e. The van der Waals surface area contributed by atoms with Crippen LogP contribution in [0.3, 0.4) is 0 Å². The topological polar surface area (TPSA) is 71.2 Å². The maximum absolute atomic E-state index is 12.7. The summed E-state index contributed by atoms with van der Waals surface area (Å²) in [5.74, 6) is -0.0827. The van der Waals surface area contributed by atoms with Crippen molar-refractivity contribution in [3.8, 4) is 0 Å². The Morgan fingerprint density at radius 2 is 2.04 bits per heavy atom. The van der Waals surface area contributed by atoms with Gasteiger partial charge in [0.05, 0.1) is 12.7 Å². The molecule has 1 aliphatic heterocycles. The molecule has 2 aromatic rings. The molecule has 0 radical (unpaired) electrons. The molecule has 6 heteroatoms. The molecule has 0 aliphatic carbocycles. The van der Waals surface area contributed by atoms with Gasteiger partial charge >= 0.3 is 0 Å². The third-order valence-corrected chi connectivity index (χ3v) is 4.87. The van der Waals surface area contributed by atoms with Crippen LogP contribution in [0.25, 0.3) is 5.57 Å². The SMILES string of the molecule is C/C(=C\C(=O)N1CCCC(O)(c2cn(C(C)C)nn2)C1)c1ccccc1. The molecular formula is C20H26N4O2. The highest BCUT2D eigenvalue weighted by atomic mass is 16.3. The number of hydrogen-bond acceptors (Lipinski definition) is 4. The first-order chi connectivity index (χ1) is 12.4. The van der Waals surface area contributed by atoms with Crippen LogP contribution in [0.5, 0.6) is 0 Å². The first-order valence-electron chi connectivity index (χ1n) is 9.06. The van der Waals surface area contributed by atoms with Crippen LogP contribution in [0.1, 0.15) is 50.9 Å². The Labute approximate surface area is 154 Å². The van der Waals surface area contributed by atoms with E-state index < -0.39 is 5.60 Å². The highest BCUT2D eigenvalue weighted by molar-refractivity contribution is 5.95. The lowest BCUT2D eigenvalue weighted by molar-refractivity contribution is -0.133. The second-order valence-corrected chi connectivity index (χ2v) is 7.27. The van der Waals surface area contributed by atoms with E-state index >= 15 is 0 Å². The van der Waals surface area contributed by atoms with E-state index in [1.807, 2.05) is 51.1 Å². The molecule has 1 fully saturated rings. The van der Waals surface area contributed by atoms with Gasteiger partial charge in [0.15, 0.2) is 0 Å². The molecule has 0 bridgehead atoms. The van der Waals surface area contributed by atoms with Crippen LogP contribution in [0.2, 0.25) is 0 Å². The molecule has 1 aliphatic rings. The van der Waals surface area contributed by atoms with Crippen LogP contribution in [0.15, 0.2) is 42.6 Å². The van der Waals surface area contributed by atoms with Gasteiger partial charge in [-0.2, -0.15) is 0 Å². The molecule has 3 rings (SSSR count). The summed E-state index contributed by atoms with van der Waals surface area (Å²) in [6.45, 7) is 6.82. The average Bonchev–Trinajstić information content (AvgIpc) is 3.14. The molecule has 2 heterocycles. The molecule has 1 N–H and O–H groups in total. The van der Waals surface area contributed by atoms with E-state index in [1.54, 1.807) is 21.9 Å². The normalized spacial score (nSPS) is 21.3. The van der Waals surface area contributed by atoms with Gasteiger partial charge in [-0.1, -0.05) is 35.5 Å². The number of benzene rings is 1. The van der Waals surface area contributed by atoms with E-state index in [0.29, 0.717) is 18.7 Å². The molecule has 1 atom stereocenters. The van der Waals surface area contributed by atoms with Crippen molar-refractivity contribution in [2.24, 2.45) is 0 Å². The molecular weight excluding hydrogens is 328 g/mol. The molecule has 1 aromatic heterocycles. The Bertz CT molecular complexity index is 797. The summed E-state index contributed by atoms with van der Waals surface area (Å²) >= 11 is 0. The number of nitrogens with zero attached hydrogens (tertiary/aromatic N) is 4. The molecule has 138 valence electrons. The zero-order chi connectivity index (χ0) is 18.7. The quantitative estimate of drug-likeness (QED) is 0.857. The molecule has 0 spiro atoms. The maximum atomic E-state index is 12.7. The summed E-state index contributed by atoms with van der Waals surface area (Å²) in [7, 11) is 0. The smallest absolute Gasteiger partial charge is 0.246 e. The standard InChI is InChI=1S/C20H26N4O2/c1-15(2)24-13-18(21-22-24)20(26)10-7-11-23(14-20)19(25)12-16(3)17-8-5-4-6-9-17/h4-6,8-9,12-13,15,26H,7,10-11,14H2,1-3H3/b16-12+. The van der Waals surface area contributed by atoms with Crippen LogP contribution in [0.4, 0.5) is 0 Å². The van der Waals surface area contributed by atoms with E-state index in [0.717, 1.165) is 17.6 Å². The Morgan fingerprint density at radius 3 is 2.69 bits per heavy atom. The number of carbonyl (C=O) groups excluding carboxylic acids is 1. The minimum atomic E-state index is -1.14. The largest absolute Gasteiger partial charge is 0.382 e. The Balaban J connectivity index is 1.76. The maximum Gasteiger partial charge on any atom is 0.246 e. The number of amides is 1. The lowest BCUT2D eigenvalue weighted by Crippen LogP contribution is -2.48. The van der Waals surface area contributed by atoms with Crippen LogP contribution in [-0.2, 0) is 10.4 Å². The first-order valence-corrected chi connectivity index (χ1v) is 9.06. The van der Waals surface area contributed by atoms with Gasteiger partial charge in [0.1, 0.15) is 11.3 Å². The van der Waals surface area contributed by atoms with Crippen molar-refractivity contribution < 1.29 is 9.90 Å². The predicted octanol–water partition coefficient (Wildman–Crippen LogP) is 2.77. The number of β-amino-alcohol motifs (C(OH)–C–C–N with tert-alkyl or cyclic N) is 1. The zero-order valence-corrected chi connectivity index (χ0v) is 15.6. The summed E-state index contributed by atoms with van der Waals surface area (Å²) in [6.07, 6.45) is 4.74. The lowest BCUT2D eigenvalue weighted by atomic mass is 9.90. The zero-order valence-electron chi connectivity index (χ0n) is 15.6. The summed E-state index contributed by atoms with van der Waals surface area (Å²) in [5, 5.41) is 19.3. The van der Waals surface area contributed by atoms with Crippen molar-refractivity contribution >= 4 is 11.5 Å². The van der Waals surface area contributed by atoms with E-state index in [9.17, 15) is 9.90 Å². The Morgan fingerprint density at radius 1 is 1.31 bits per heavy atom. The van der Waals surface area contributed by atoms with Gasteiger partial charge in [-0.3, -0.25) is 4.79 Å². The van der Waals surface area contributed by atoms with Gasteiger partial charge in [-0.05, 0) is 44.7 Å². The predicted molar refractivity (Wildman–Crippen MR) is 100 cm³/mol. The van der Waals surface area contributed by atoms with E-state index in [-0.39, 0.29) is 18.5 Å². The first kappa shape index (κ1) is 18.3. The Hall–Kier alpha value is -2.47. The van der Waals surface area contributed by atoms with Crippen LogP contribution in [0, 0.1) is 0 Å². The van der Waals surface area contributed by atoms with Crippen molar-refractivity contribution in [2.75, 3.05) is 13.1 Å². The summed E-state index contributed by atoms with van der Waals surface area (Å²) in [6, 6.07) is 10.0. The third kappa shape index (κ3) is 3.85. The van der Waals surface area contributed by atoms with Crippen LogP contribution in [-0.4, -0.2) is 44.0 Å². The fourth-order valence-corrected chi connectivity index (χ4v) is 3.24. The van der Waals surface area contributed by atoms with Gasteiger partial charge in [0, 0.05) is 18.7 Å². The highest BCUT2D eigenvalue weighted by Gasteiger charge is 2.38. The second-order valence-electron chi connectivity index (χ2n) is 7.27. The minimum absolute atomic E-state index is 0.0827. The number of hydrogen-bond donors (Lipinski definition) is 1. The van der Waals surface area contributed by atoms with E-state index in [4.69, 9.17) is 0 Å². The molecule has 0 saturated carbocycles. The van der Waals surface area contributed by atoms with Gasteiger partial charge in [0.2, 0.25) is 5.91 Å². The number of rotatable bonds is 4. The number of aromatic nitrogens is 3. The number of carbonyl (C=O) groups is 1. The molecule has 1 saturated heterocycles. The van der Waals surface area contributed by atoms with E-state index in [1.165, 1.54) is 0 Å². The summed E-state index contributed by atoms with van der Waals surface area (Å²) in [4.78, 5) is 14.4. The fraction of sp³-hybridized carbons (Fsp3) is 0.450. The Kier molecular flexibility index (Phi) is 5.23. The fourth-order valence-electron chi connectivity index (χ4n) is 3.24. The van der Waals surface area contributed by atoms with Crippen molar-refractivity contribution in [3.05, 3.63) is 53.9 Å². The third-order valence-electron chi connectivity index (χ3n) is 4.87. The molecule has 6 nitrogen and oxygen atoms in total. The summed E-state index contributed by atoms with van der Waals surface area (Å²) in [5.41, 5.74) is 1.33. The van der Waals surface area contributed by atoms with E-state index in [2.05, 4.69) is 10.3 Å². The van der Waals surface area contributed by atoms with Gasteiger partial charge in [-0.25, -0.2) is 4.68 Å². The van der Waals surface area contributed by atoms with Crippen molar-refractivity contribution in [3.63, 3.8) is 0 Å². The van der Waals surface area contributed by atoms with Crippen LogP contribution >= 0.6 is 0 Å². The highest BCUT2D eigenvalue weighted by Crippen LogP contribution is 2.30. The summed E-state index contributed by atoms with van der Waals surface area (Å²) < 4.78 is 1.73. The number of aliphatic hydroxyl groups is 1. The second kappa shape index (κ2) is 7.41. The number of likely N-dealkylation sites (tertiary alicyclic amines) is 1. The molecule has 1 unspecified atom stereocenters. The number of allylic oxidation sites excluding steroid dienone is 1. The molecule has 1 aromatic carbocycles. The van der Waals surface area contributed by atoms with Crippen molar-refractivity contribution in [1.29, 1.82) is 0 Å². The number of piperidine rings is 1. The van der Waals surface area contributed by atoms with Crippen molar-refractivity contribution in [2.45, 2.75) is 45.3 Å². The lowest BCUT2D eigenvalue weighted by Gasteiger charge is -2.37. The van der Waals surface area contributed by atoms with Gasteiger partial charge in [0.25, 0.3) is 0 Å². The van der Waals surface area contributed by atoms with Crippen molar-refractivity contribution in [1.82, 2.24) is 19.9 Å². The van der Waals surface area contributed by atoms with Gasteiger partial charge in [-0.15, -0.1) is 5.10 Å². The monoisotopic (exact) mass is 354 g/mol. The van der Waals surface area contributed by atoms with Gasteiger partial charge < -0.3 is 10.0 Å².